The first-order chi connectivity index (χ1) is 11.2. The molecule has 1 aromatic carbocycles. The SMILES string of the molecule is CCCN1CCN(C(=O)Nc2ccccc2C(=O)OCC)CC1. The van der Waals surface area contributed by atoms with Crippen molar-refractivity contribution in [3.05, 3.63) is 29.8 Å². The van der Waals surface area contributed by atoms with Crippen LogP contribution in [0.25, 0.3) is 0 Å². The number of nitrogens with one attached hydrogen (secondary N) is 1. The Bertz CT molecular complexity index is 540. The molecule has 0 saturated carbocycles. The van der Waals surface area contributed by atoms with Crippen LogP contribution in [0, 0.1) is 0 Å². The largest absolute Gasteiger partial charge is 0.462 e. The predicted molar refractivity (Wildman–Crippen MR) is 89.7 cm³/mol. The third kappa shape index (κ3) is 4.69. The number of para-hydroxylation sites is 1. The Hall–Kier alpha value is -2.08. The highest BCUT2D eigenvalue weighted by Crippen LogP contribution is 2.17. The number of esters is 1. The smallest absolute Gasteiger partial charge is 0.340 e. The van der Waals surface area contributed by atoms with Crippen molar-refractivity contribution in [3.8, 4) is 0 Å². The number of anilines is 1. The average molecular weight is 319 g/mol. The normalized spacial score (nSPS) is 15.3. The summed E-state index contributed by atoms with van der Waals surface area (Å²) in [6, 6.07) is 6.76. The maximum absolute atomic E-state index is 12.4. The number of ether oxygens (including phenoxy) is 1. The van der Waals surface area contributed by atoms with Crippen LogP contribution >= 0.6 is 0 Å². The quantitative estimate of drug-likeness (QED) is 0.847. The summed E-state index contributed by atoms with van der Waals surface area (Å²) in [4.78, 5) is 28.5. The number of nitrogens with zero attached hydrogens (tertiary/aromatic N) is 2. The van der Waals surface area contributed by atoms with Crippen LogP contribution in [0.15, 0.2) is 24.3 Å². The van der Waals surface area contributed by atoms with Crippen LogP contribution in [0.1, 0.15) is 30.6 Å². The summed E-state index contributed by atoms with van der Waals surface area (Å²) >= 11 is 0. The predicted octanol–water partition coefficient (Wildman–Crippen LogP) is 2.42. The molecule has 0 aliphatic carbocycles. The lowest BCUT2D eigenvalue weighted by Crippen LogP contribution is -2.50. The Morgan fingerprint density at radius 3 is 2.48 bits per heavy atom. The van der Waals surface area contributed by atoms with Gasteiger partial charge < -0.3 is 15.0 Å². The van der Waals surface area contributed by atoms with Crippen LogP contribution < -0.4 is 5.32 Å². The number of hydrogen-bond donors (Lipinski definition) is 1. The van der Waals surface area contributed by atoms with E-state index in [1.54, 1.807) is 36.1 Å². The molecular formula is C17H25N3O3. The maximum atomic E-state index is 12.4. The molecule has 23 heavy (non-hydrogen) atoms. The highest BCUT2D eigenvalue weighted by molar-refractivity contribution is 6.00. The maximum Gasteiger partial charge on any atom is 0.340 e. The summed E-state index contributed by atoms with van der Waals surface area (Å²) in [7, 11) is 0. The van der Waals surface area contributed by atoms with Gasteiger partial charge in [0, 0.05) is 26.2 Å². The zero-order valence-electron chi connectivity index (χ0n) is 13.9. The summed E-state index contributed by atoms with van der Waals surface area (Å²) in [6.07, 6.45) is 1.12. The number of benzene rings is 1. The van der Waals surface area contributed by atoms with E-state index < -0.39 is 5.97 Å². The Balaban J connectivity index is 1.97. The second-order valence-corrected chi connectivity index (χ2v) is 5.52. The molecule has 1 heterocycles. The van der Waals surface area contributed by atoms with Gasteiger partial charge in [0.2, 0.25) is 0 Å². The molecule has 0 radical (unpaired) electrons. The average Bonchev–Trinajstić information content (AvgIpc) is 2.56. The van der Waals surface area contributed by atoms with Crippen LogP contribution in [-0.4, -0.2) is 61.1 Å². The van der Waals surface area contributed by atoms with Crippen molar-refractivity contribution in [2.45, 2.75) is 20.3 Å². The molecule has 1 aliphatic heterocycles. The molecule has 2 amide bonds. The first kappa shape index (κ1) is 17.3. The van der Waals surface area contributed by atoms with E-state index in [1.807, 2.05) is 0 Å². The molecule has 2 rings (SSSR count). The van der Waals surface area contributed by atoms with Gasteiger partial charge in [-0.25, -0.2) is 9.59 Å². The van der Waals surface area contributed by atoms with Gasteiger partial charge in [-0.05, 0) is 32.0 Å². The van der Waals surface area contributed by atoms with Gasteiger partial charge in [0.05, 0.1) is 17.9 Å². The molecule has 0 aromatic heterocycles. The molecule has 1 aromatic rings. The van der Waals surface area contributed by atoms with E-state index in [4.69, 9.17) is 4.74 Å². The van der Waals surface area contributed by atoms with E-state index in [2.05, 4.69) is 17.1 Å². The fraction of sp³-hybridized carbons (Fsp3) is 0.529. The van der Waals surface area contributed by atoms with Crippen molar-refractivity contribution in [1.82, 2.24) is 9.80 Å². The molecule has 6 heteroatoms. The third-order valence-corrected chi connectivity index (χ3v) is 3.86. The Labute approximate surface area is 137 Å². The van der Waals surface area contributed by atoms with Gasteiger partial charge in [-0.3, -0.25) is 4.90 Å². The van der Waals surface area contributed by atoms with Gasteiger partial charge >= 0.3 is 12.0 Å². The lowest BCUT2D eigenvalue weighted by Gasteiger charge is -2.34. The van der Waals surface area contributed by atoms with E-state index in [0.717, 1.165) is 26.1 Å². The number of carbonyl (C=O) groups is 2. The minimum atomic E-state index is -0.420. The van der Waals surface area contributed by atoms with Gasteiger partial charge in [-0.1, -0.05) is 19.1 Å². The summed E-state index contributed by atoms with van der Waals surface area (Å²) in [5, 5.41) is 2.83. The van der Waals surface area contributed by atoms with Gasteiger partial charge in [-0.15, -0.1) is 0 Å². The number of urea groups is 1. The molecule has 0 bridgehead atoms. The second kappa shape index (κ2) is 8.53. The van der Waals surface area contributed by atoms with Crippen LogP contribution in [0.5, 0.6) is 0 Å². The van der Waals surface area contributed by atoms with Crippen LogP contribution in [0.2, 0.25) is 0 Å². The number of hydrogen-bond acceptors (Lipinski definition) is 4. The minimum absolute atomic E-state index is 0.169. The molecule has 1 N–H and O–H groups in total. The van der Waals surface area contributed by atoms with Crippen molar-refractivity contribution in [2.24, 2.45) is 0 Å². The fourth-order valence-corrected chi connectivity index (χ4v) is 2.66. The van der Waals surface area contributed by atoms with Gasteiger partial charge in [0.25, 0.3) is 0 Å². The van der Waals surface area contributed by atoms with E-state index in [9.17, 15) is 9.59 Å². The second-order valence-electron chi connectivity index (χ2n) is 5.52. The fourth-order valence-electron chi connectivity index (χ4n) is 2.66. The Morgan fingerprint density at radius 1 is 1.13 bits per heavy atom. The zero-order valence-corrected chi connectivity index (χ0v) is 13.9. The van der Waals surface area contributed by atoms with E-state index >= 15 is 0 Å². The first-order valence-electron chi connectivity index (χ1n) is 8.20. The number of carbonyl (C=O) groups excluding carboxylic acids is 2. The molecular weight excluding hydrogens is 294 g/mol. The van der Waals surface area contributed by atoms with Crippen molar-refractivity contribution < 1.29 is 14.3 Å². The molecule has 0 atom stereocenters. The lowest BCUT2D eigenvalue weighted by molar-refractivity contribution is 0.0527. The molecule has 1 aliphatic rings. The van der Waals surface area contributed by atoms with Gasteiger partial charge in [-0.2, -0.15) is 0 Å². The van der Waals surface area contributed by atoms with E-state index in [-0.39, 0.29) is 6.03 Å². The van der Waals surface area contributed by atoms with Crippen LogP contribution in [0.3, 0.4) is 0 Å². The molecule has 1 saturated heterocycles. The summed E-state index contributed by atoms with van der Waals surface area (Å²) in [6.45, 7) is 8.48. The van der Waals surface area contributed by atoms with Crippen LogP contribution in [-0.2, 0) is 4.74 Å². The molecule has 1 fully saturated rings. The summed E-state index contributed by atoms with van der Waals surface area (Å²) in [5.74, 6) is -0.420. The summed E-state index contributed by atoms with van der Waals surface area (Å²) < 4.78 is 5.03. The minimum Gasteiger partial charge on any atom is -0.462 e. The molecule has 0 unspecified atom stereocenters. The van der Waals surface area contributed by atoms with Crippen LogP contribution in [0.4, 0.5) is 10.5 Å². The van der Waals surface area contributed by atoms with Gasteiger partial charge in [0.15, 0.2) is 0 Å². The molecule has 0 spiro atoms. The first-order valence-corrected chi connectivity index (χ1v) is 8.20. The molecule has 126 valence electrons. The van der Waals surface area contributed by atoms with E-state index in [1.165, 1.54) is 0 Å². The third-order valence-electron chi connectivity index (χ3n) is 3.86. The number of piperazine rings is 1. The monoisotopic (exact) mass is 319 g/mol. The highest BCUT2D eigenvalue weighted by Gasteiger charge is 2.22. The molecule has 6 nitrogen and oxygen atoms in total. The van der Waals surface area contributed by atoms with Crippen molar-refractivity contribution in [2.75, 3.05) is 44.6 Å². The summed E-state index contributed by atoms with van der Waals surface area (Å²) in [5.41, 5.74) is 0.874. The van der Waals surface area contributed by atoms with E-state index in [0.29, 0.717) is 30.9 Å². The van der Waals surface area contributed by atoms with Gasteiger partial charge in [0.1, 0.15) is 0 Å². The number of rotatable bonds is 5. The number of amides is 2. The lowest BCUT2D eigenvalue weighted by atomic mass is 10.2. The van der Waals surface area contributed by atoms with Crippen molar-refractivity contribution in [1.29, 1.82) is 0 Å². The Morgan fingerprint density at radius 2 is 1.83 bits per heavy atom. The van der Waals surface area contributed by atoms with Crippen molar-refractivity contribution >= 4 is 17.7 Å². The van der Waals surface area contributed by atoms with Crippen molar-refractivity contribution in [3.63, 3.8) is 0 Å². The zero-order chi connectivity index (χ0) is 16.7. The topological polar surface area (TPSA) is 61.9 Å². The standard InChI is InChI=1S/C17H25N3O3/c1-3-9-19-10-12-20(13-11-19)17(22)18-15-8-6-5-7-14(15)16(21)23-4-2/h5-8H,3-4,9-13H2,1-2H3,(H,18,22). The Kier molecular flexibility index (Phi) is 6.40. The highest BCUT2D eigenvalue weighted by atomic mass is 16.5.